The molecule has 0 rings (SSSR count). The van der Waals surface area contributed by atoms with Crippen LogP contribution >= 0.6 is 24.4 Å². The molecule has 0 saturated carbocycles. The van der Waals surface area contributed by atoms with E-state index in [1.807, 2.05) is 0 Å². The van der Waals surface area contributed by atoms with Crippen LogP contribution in [0.4, 0.5) is 0 Å². The van der Waals surface area contributed by atoms with Crippen molar-refractivity contribution in [1.29, 1.82) is 0 Å². The zero-order chi connectivity index (χ0) is 14.2. The zero-order valence-electron chi connectivity index (χ0n) is 11.4. The van der Waals surface area contributed by atoms with Crippen molar-refractivity contribution in [3.63, 3.8) is 0 Å². The van der Waals surface area contributed by atoms with Gasteiger partial charge in [-0.05, 0) is 37.3 Å². The molecule has 0 aromatic carbocycles. The van der Waals surface area contributed by atoms with E-state index in [9.17, 15) is 0 Å². The van der Waals surface area contributed by atoms with Gasteiger partial charge in [0.1, 0.15) is 0 Å². The molecule has 0 unspecified atom stereocenters. The third-order valence-electron chi connectivity index (χ3n) is 1.98. The van der Waals surface area contributed by atoms with Gasteiger partial charge in [-0.2, -0.15) is 0 Å². The Morgan fingerprint density at radius 2 is 1.11 bits per heavy atom. The summed E-state index contributed by atoms with van der Waals surface area (Å²) in [5, 5.41) is 0.317. The van der Waals surface area contributed by atoms with Crippen molar-refractivity contribution in [2.24, 2.45) is 11.5 Å². The average molecular weight is 318 g/mol. The van der Waals surface area contributed by atoms with E-state index in [4.69, 9.17) is 20.9 Å². The van der Waals surface area contributed by atoms with Crippen LogP contribution in [0, 0.1) is 0 Å². The fourth-order valence-electron chi connectivity index (χ4n) is 1.05. The molecule has 0 aliphatic rings. The van der Waals surface area contributed by atoms with Crippen LogP contribution in [-0.2, 0) is 9.47 Å². The minimum atomic E-state index is 0. The monoisotopic (exact) mass is 318 g/mol. The molecule has 4 N–H and O–H groups in total. The standard InChI is InChI=1S/2C6H13NOS.Na.H/c2*1-2-3-4-5-8-6(7)9;;/h2*2-5H2,1H3,(H2,7,9);;. The van der Waals surface area contributed by atoms with Gasteiger partial charge < -0.3 is 20.9 Å². The Morgan fingerprint density at radius 3 is 1.32 bits per heavy atom. The first-order chi connectivity index (χ1) is 8.54. The number of thiocarbonyl (C=S) groups is 2. The van der Waals surface area contributed by atoms with Gasteiger partial charge in [0, 0.05) is 0 Å². The number of unbranched alkanes of at least 4 members (excludes halogenated alkanes) is 4. The van der Waals surface area contributed by atoms with Gasteiger partial charge in [-0.15, -0.1) is 0 Å². The van der Waals surface area contributed by atoms with Gasteiger partial charge >= 0.3 is 29.6 Å². The summed E-state index contributed by atoms with van der Waals surface area (Å²) < 4.78 is 9.71. The maximum atomic E-state index is 5.08. The van der Waals surface area contributed by atoms with E-state index in [1.54, 1.807) is 0 Å². The van der Waals surface area contributed by atoms with Crippen molar-refractivity contribution in [2.45, 2.75) is 52.4 Å². The molecule has 0 radical (unpaired) electrons. The molecule has 4 nitrogen and oxygen atoms in total. The third kappa shape index (κ3) is 32.2. The van der Waals surface area contributed by atoms with Crippen LogP contribution in [-0.4, -0.2) is 53.1 Å². The van der Waals surface area contributed by atoms with E-state index in [-0.39, 0.29) is 39.9 Å². The van der Waals surface area contributed by atoms with E-state index in [2.05, 4.69) is 38.3 Å². The molecule has 0 atom stereocenters. The summed E-state index contributed by atoms with van der Waals surface area (Å²) in [4.78, 5) is 0. The predicted octanol–water partition coefficient (Wildman–Crippen LogP) is 2.23. The van der Waals surface area contributed by atoms with E-state index in [0.717, 1.165) is 12.8 Å². The number of ether oxygens (including phenoxy) is 2. The van der Waals surface area contributed by atoms with E-state index in [0.29, 0.717) is 13.2 Å². The van der Waals surface area contributed by atoms with Crippen molar-refractivity contribution in [1.82, 2.24) is 0 Å². The van der Waals surface area contributed by atoms with Crippen molar-refractivity contribution in [3.8, 4) is 0 Å². The second kappa shape index (κ2) is 20.7. The zero-order valence-corrected chi connectivity index (χ0v) is 13.1. The normalized spacial score (nSPS) is 8.53. The summed E-state index contributed by atoms with van der Waals surface area (Å²) in [5.41, 5.74) is 10.2. The van der Waals surface area contributed by atoms with Gasteiger partial charge in [0.25, 0.3) is 10.3 Å². The summed E-state index contributed by atoms with van der Waals surface area (Å²) in [6, 6.07) is 0. The molecular weight excluding hydrogens is 291 g/mol. The Balaban J connectivity index is -0.000000256. The predicted molar refractivity (Wildman–Crippen MR) is 91.7 cm³/mol. The Hall–Kier alpha value is 0.380. The number of nitrogens with two attached hydrogens (primary N) is 2. The second-order valence-electron chi connectivity index (χ2n) is 3.75. The van der Waals surface area contributed by atoms with Gasteiger partial charge in [0.05, 0.1) is 13.2 Å². The quantitative estimate of drug-likeness (QED) is 0.406. The van der Waals surface area contributed by atoms with Crippen LogP contribution in [0.15, 0.2) is 0 Å². The summed E-state index contributed by atoms with van der Waals surface area (Å²) in [6.07, 6.45) is 6.86. The first kappa shape index (κ1) is 24.4. The molecule has 0 aromatic heterocycles. The van der Waals surface area contributed by atoms with Crippen LogP contribution in [0.2, 0.25) is 0 Å². The van der Waals surface area contributed by atoms with Crippen molar-refractivity contribution in [2.75, 3.05) is 13.2 Å². The first-order valence-electron chi connectivity index (χ1n) is 6.39. The molecular formula is C12H27N2NaO2S2. The van der Waals surface area contributed by atoms with Crippen LogP contribution < -0.4 is 11.5 Å². The summed E-state index contributed by atoms with van der Waals surface area (Å²) >= 11 is 9.00. The second-order valence-corrected chi connectivity index (χ2v) is 4.55. The molecule has 0 amide bonds. The summed E-state index contributed by atoms with van der Waals surface area (Å²) in [6.45, 7) is 5.62. The van der Waals surface area contributed by atoms with Crippen molar-refractivity contribution in [3.05, 3.63) is 0 Å². The summed E-state index contributed by atoms with van der Waals surface area (Å²) in [7, 11) is 0. The van der Waals surface area contributed by atoms with Gasteiger partial charge in [0.2, 0.25) is 0 Å². The minimum absolute atomic E-state index is 0. The fraction of sp³-hybridized carbons (Fsp3) is 0.833. The van der Waals surface area contributed by atoms with Gasteiger partial charge in [-0.25, -0.2) is 0 Å². The molecule has 19 heavy (non-hydrogen) atoms. The Labute approximate surface area is 150 Å². The van der Waals surface area contributed by atoms with Crippen LogP contribution in [0.25, 0.3) is 0 Å². The Morgan fingerprint density at radius 1 is 0.789 bits per heavy atom. The SMILES string of the molecule is CCCCCOC(N)=S.CCCCCOC(N)=S.[NaH]. The molecule has 0 fully saturated rings. The number of rotatable bonds is 8. The van der Waals surface area contributed by atoms with Crippen LogP contribution in [0.5, 0.6) is 0 Å². The van der Waals surface area contributed by atoms with Crippen molar-refractivity contribution >= 4 is 64.3 Å². The van der Waals surface area contributed by atoms with E-state index >= 15 is 0 Å². The molecule has 0 aliphatic heterocycles. The summed E-state index contributed by atoms with van der Waals surface area (Å²) in [5.74, 6) is 0. The Bertz CT molecular complexity index is 198. The molecule has 110 valence electrons. The number of hydrogen-bond donors (Lipinski definition) is 2. The molecule has 0 spiro atoms. The third-order valence-corrected chi connectivity index (χ3v) is 2.22. The van der Waals surface area contributed by atoms with Crippen LogP contribution in [0.1, 0.15) is 52.4 Å². The van der Waals surface area contributed by atoms with Gasteiger partial charge in [0.15, 0.2) is 0 Å². The molecule has 0 heterocycles. The molecule has 0 bridgehead atoms. The van der Waals surface area contributed by atoms with E-state index < -0.39 is 0 Å². The molecule has 0 saturated heterocycles. The molecule has 0 aliphatic carbocycles. The topological polar surface area (TPSA) is 70.5 Å². The van der Waals surface area contributed by atoms with Crippen LogP contribution in [0.3, 0.4) is 0 Å². The first-order valence-corrected chi connectivity index (χ1v) is 7.20. The van der Waals surface area contributed by atoms with E-state index in [1.165, 1.54) is 25.7 Å². The van der Waals surface area contributed by atoms with Gasteiger partial charge in [-0.1, -0.05) is 39.5 Å². The Kier molecular flexibility index (Phi) is 26.6. The average Bonchev–Trinajstić information content (AvgIpc) is 2.31. The van der Waals surface area contributed by atoms with Gasteiger partial charge in [-0.3, -0.25) is 0 Å². The fourth-order valence-corrected chi connectivity index (χ4v) is 1.22. The molecule has 7 heteroatoms. The van der Waals surface area contributed by atoms with Crippen molar-refractivity contribution < 1.29 is 9.47 Å². The number of hydrogen-bond acceptors (Lipinski definition) is 4. The maximum absolute atomic E-state index is 5.08. The molecule has 0 aromatic rings.